The number of pyridine rings is 1. The van der Waals surface area contributed by atoms with Gasteiger partial charge in [-0.1, -0.05) is 13.0 Å². The van der Waals surface area contributed by atoms with Gasteiger partial charge < -0.3 is 5.11 Å². The highest BCUT2D eigenvalue weighted by Gasteiger charge is 2.08. The average Bonchev–Trinajstić information content (AvgIpc) is 2.82. The van der Waals surface area contributed by atoms with E-state index in [1.54, 1.807) is 11.3 Å². The Morgan fingerprint density at radius 3 is 2.71 bits per heavy atom. The van der Waals surface area contributed by atoms with E-state index in [-0.39, 0.29) is 6.10 Å². The largest absolute Gasteiger partial charge is 0.392 e. The molecule has 0 aliphatic heterocycles. The van der Waals surface area contributed by atoms with Gasteiger partial charge in [0.05, 0.1) is 6.10 Å². The molecule has 0 saturated carbocycles. The summed E-state index contributed by atoms with van der Waals surface area (Å²) in [6.07, 6.45) is 3.89. The van der Waals surface area contributed by atoms with Gasteiger partial charge in [-0.2, -0.15) is 11.3 Å². The van der Waals surface area contributed by atoms with Crippen molar-refractivity contribution < 1.29 is 5.11 Å². The second-order valence-corrected chi connectivity index (χ2v) is 4.99. The van der Waals surface area contributed by atoms with E-state index in [2.05, 4.69) is 29.4 Å². The van der Waals surface area contributed by atoms with Crippen LogP contribution in [0.15, 0.2) is 35.2 Å². The highest BCUT2D eigenvalue weighted by atomic mass is 32.1. The summed E-state index contributed by atoms with van der Waals surface area (Å²) in [5.74, 6) is 0. The molecule has 0 aliphatic rings. The molecule has 1 unspecified atom stereocenters. The Balaban J connectivity index is 1.91. The van der Waals surface area contributed by atoms with Crippen molar-refractivity contribution in [3.05, 3.63) is 52.0 Å². The fourth-order valence-corrected chi connectivity index (χ4v) is 2.46. The Morgan fingerprint density at radius 1 is 1.24 bits per heavy atom. The quantitative estimate of drug-likeness (QED) is 0.881. The summed E-state index contributed by atoms with van der Waals surface area (Å²) >= 11 is 1.67. The zero-order chi connectivity index (χ0) is 12.1. The molecule has 90 valence electrons. The van der Waals surface area contributed by atoms with Crippen LogP contribution in [-0.4, -0.2) is 16.2 Å². The van der Waals surface area contributed by atoms with Crippen LogP contribution in [0, 0.1) is 0 Å². The highest BCUT2D eigenvalue weighted by Crippen LogP contribution is 2.11. The summed E-state index contributed by atoms with van der Waals surface area (Å²) in [7, 11) is 0. The maximum atomic E-state index is 9.97. The molecule has 2 heterocycles. The van der Waals surface area contributed by atoms with Gasteiger partial charge in [0.1, 0.15) is 0 Å². The molecule has 0 fully saturated rings. The van der Waals surface area contributed by atoms with Gasteiger partial charge in [0.2, 0.25) is 0 Å². The van der Waals surface area contributed by atoms with Crippen molar-refractivity contribution in [2.75, 3.05) is 0 Å². The second-order valence-electron chi connectivity index (χ2n) is 4.21. The fourth-order valence-electron chi connectivity index (χ4n) is 1.78. The number of nitrogens with zero attached hydrogens (tertiary/aromatic N) is 1. The van der Waals surface area contributed by atoms with Crippen LogP contribution in [-0.2, 0) is 19.3 Å². The first-order valence-corrected chi connectivity index (χ1v) is 6.85. The lowest BCUT2D eigenvalue weighted by Gasteiger charge is -2.09. The van der Waals surface area contributed by atoms with Gasteiger partial charge in [0.15, 0.2) is 0 Å². The molecule has 0 radical (unpaired) electrons. The van der Waals surface area contributed by atoms with E-state index >= 15 is 0 Å². The molecule has 1 atom stereocenters. The van der Waals surface area contributed by atoms with Crippen molar-refractivity contribution in [1.82, 2.24) is 4.98 Å². The Morgan fingerprint density at radius 2 is 2.12 bits per heavy atom. The number of aromatic nitrogens is 1. The summed E-state index contributed by atoms with van der Waals surface area (Å²) in [5.41, 5.74) is 3.40. The minimum atomic E-state index is -0.343. The molecule has 0 bridgehead atoms. The summed E-state index contributed by atoms with van der Waals surface area (Å²) in [6.45, 7) is 2.11. The van der Waals surface area contributed by atoms with Crippen LogP contribution in [0.5, 0.6) is 0 Å². The molecule has 1 N–H and O–H groups in total. The van der Waals surface area contributed by atoms with Crippen molar-refractivity contribution in [3.8, 4) is 0 Å². The van der Waals surface area contributed by atoms with Gasteiger partial charge in [0, 0.05) is 18.3 Å². The predicted molar refractivity (Wildman–Crippen MR) is 71.3 cm³/mol. The normalized spacial score (nSPS) is 12.6. The Bertz CT molecular complexity index is 436. The zero-order valence-electron chi connectivity index (χ0n) is 9.97. The topological polar surface area (TPSA) is 33.1 Å². The van der Waals surface area contributed by atoms with Crippen molar-refractivity contribution in [2.45, 2.75) is 32.3 Å². The van der Waals surface area contributed by atoms with Crippen LogP contribution in [0.1, 0.15) is 23.7 Å². The molecule has 0 aromatic carbocycles. The van der Waals surface area contributed by atoms with E-state index in [0.29, 0.717) is 12.8 Å². The van der Waals surface area contributed by atoms with Crippen LogP contribution in [0.4, 0.5) is 0 Å². The summed E-state index contributed by atoms with van der Waals surface area (Å²) in [4.78, 5) is 4.36. The minimum absolute atomic E-state index is 0.343. The van der Waals surface area contributed by atoms with Crippen LogP contribution in [0.2, 0.25) is 0 Å². The maximum Gasteiger partial charge on any atom is 0.0636 e. The molecule has 0 spiro atoms. The molecule has 2 rings (SSSR count). The van der Waals surface area contributed by atoms with Crippen molar-refractivity contribution in [2.24, 2.45) is 0 Å². The number of aryl methyl sites for hydroxylation is 1. The standard InChI is InChI=1S/C14H17NOS/c1-2-11-3-4-13(15-9-11)8-14(16)7-12-5-6-17-10-12/h3-6,9-10,14,16H,2,7-8H2,1H3. The van der Waals surface area contributed by atoms with Crippen molar-refractivity contribution >= 4 is 11.3 Å². The van der Waals surface area contributed by atoms with E-state index in [0.717, 1.165) is 12.1 Å². The smallest absolute Gasteiger partial charge is 0.0636 e. The predicted octanol–water partition coefficient (Wildman–Crippen LogP) is 2.85. The number of aliphatic hydroxyl groups is 1. The molecule has 0 aliphatic carbocycles. The van der Waals surface area contributed by atoms with Gasteiger partial charge >= 0.3 is 0 Å². The molecule has 0 amide bonds. The van der Waals surface area contributed by atoms with E-state index < -0.39 is 0 Å². The van der Waals surface area contributed by atoms with E-state index in [4.69, 9.17) is 0 Å². The number of thiophene rings is 1. The van der Waals surface area contributed by atoms with Crippen molar-refractivity contribution in [3.63, 3.8) is 0 Å². The Hall–Kier alpha value is -1.19. The molecule has 0 saturated heterocycles. The first-order valence-electron chi connectivity index (χ1n) is 5.91. The van der Waals surface area contributed by atoms with Crippen molar-refractivity contribution in [1.29, 1.82) is 0 Å². The van der Waals surface area contributed by atoms with Gasteiger partial charge in [0.25, 0.3) is 0 Å². The van der Waals surface area contributed by atoms with Gasteiger partial charge in [-0.05, 0) is 46.9 Å². The molecule has 2 nitrogen and oxygen atoms in total. The number of rotatable bonds is 5. The zero-order valence-corrected chi connectivity index (χ0v) is 10.8. The Kier molecular flexibility index (Phi) is 4.29. The van der Waals surface area contributed by atoms with Crippen LogP contribution < -0.4 is 0 Å². The summed E-state index contributed by atoms with van der Waals surface area (Å²) in [6, 6.07) is 6.15. The molecule has 2 aromatic rings. The third kappa shape index (κ3) is 3.65. The van der Waals surface area contributed by atoms with Crippen LogP contribution in [0.3, 0.4) is 0 Å². The minimum Gasteiger partial charge on any atom is -0.392 e. The lowest BCUT2D eigenvalue weighted by molar-refractivity contribution is 0.174. The lowest BCUT2D eigenvalue weighted by Crippen LogP contribution is -2.14. The maximum absolute atomic E-state index is 9.97. The van der Waals surface area contributed by atoms with Crippen LogP contribution >= 0.6 is 11.3 Å². The number of aliphatic hydroxyl groups excluding tert-OH is 1. The molecular formula is C14H17NOS. The third-order valence-corrected chi connectivity index (χ3v) is 3.52. The van der Waals surface area contributed by atoms with E-state index in [1.807, 2.05) is 17.6 Å². The summed E-state index contributed by atoms with van der Waals surface area (Å²) < 4.78 is 0. The van der Waals surface area contributed by atoms with Gasteiger partial charge in [-0.15, -0.1) is 0 Å². The molecule has 3 heteroatoms. The first-order chi connectivity index (χ1) is 8.28. The number of hydrogen-bond acceptors (Lipinski definition) is 3. The first kappa shape index (κ1) is 12.3. The van der Waals surface area contributed by atoms with E-state index in [9.17, 15) is 5.11 Å². The monoisotopic (exact) mass is 247 g/mol. The van der Waals surface area contributed by atoms with Crippen LogP contribution in [0.25, 0.3) is 0 Å². The van der Waals surface area contributed by atoms with Gasteiger partial charge in [-0.3, -0.25) is 4.98 Å². The SMILES string of the molecule is CCc1ccc(CC(O)Cc2ccsc2)nc1. The lowest BCUT2D eigenvalue weighted by atomic mass is 10.1. The fraction of sp³-hybridized carbons (Fsp3) is 0.357. The number of hydrogen-bond donors (Lipinski definition) is 1. The highest BCUT2D eigenvalue weighted by molar-refractivity contribution is 7.07. The second kappa shape index (κ2) is 5.94. The van der Waals surface area contributed by atoms with E-state index in [1.165, 1.54) is 11.1 Å². The molecule has 2 aromatic heterocycles. The van der Waals surface area contributed by atoms with Gasteiger partial charge in [-0.25, -0.2) is 0 Å². The third-order valence-electron chi connectivity index (χ3n) is 2.79. The summed E-state index contributed by atoms with van der Waals surface area (Å²) in [5, 5.41) is 14.1. The Labute approximate surface area is 106 Å². The molecule has 17 heavy (non-hydrogen) atoms. The molecular weight excluding hydrogens is 230 g/mol. The average molecular weight is 247 g/mol.